The SMILES string of the molecule is C=C(C(=O)OCC)[C@@H](c1ccccc1)[C@]1(N[S@@](=O)C(C)(C)C)C(=O)N(C(c2ccccc2)(c2ccccc2)c2ccccc2)c2ccccc21. The Bertz CT molecular complexity index is 1910. The van der Waals surface area contributed by atoms with Gasteiger partial charge in [0, 0.05) is 17.1 Å². The molecule has 0 aromatic heterocycles. The van der Waals surface area contributed by atoms with E-state index in [4.69, 9.17) is 4.74 Å². The Kier molecular flexibility index (Phi) is 9.74. The molecule has 0 bridgehead atoms. The highest BCUT2D eigenvalue weighted by atomic mass is 32.2. The van der Waals surface area contributed by atoms with Crippen LogP contribution in [-0.4, -0.2) is 27.4 Å². The van der Waals surface area contributed by atoms with Gasteiger partial charge in [-0.25, -0.2) is 13.7 Å². The van der Waals surface area contributed by atoms with Gasteiger partial charge in [-0.15, -0.1) is 0 Å². The number of fused-ring (bicyclic) bond motifs is 1. The Hall–Kier alpha value is -5.11. The second-order valence-electron chi connectivity index (χ2n) is 13.3. The number of carbonyl (C=O) groups excluding carboxylic acids is 2. The van der Waals surface area contributed by atoms with Crippen LogP contribution in [0.25, 0.3) is 0 Å². The van der Waals surface area contributed by atoms with E-state index in [2.05, 4.69) is 11.3 Å². The van der Waals surface area contributed by atoms with Crippen LogP contribution in [0, 0.1) is 0 Å². The fourth-order valence-corrected chi connectivity index (χ4v) is 8.01. The smallest absolute Gasteiger partial charge is 0.334 e. The lowest BCUT2D eigenvalue weighted by atomic mass is 9.71. The van der Waals surface area contributed by atoms with E-state index in [9.17, 15) is 9.00 Å². The third kappa shape index (κ3) is 5.80. The summed E-state index contributed by atoms with van der Waals surface area (Å²) in [7, 11) is -1.79. The van der Waals surface area contributed by atoms with Crippen molar-refractivity contribution < 1.29 is 18.5 Å². The Balaban J connectivity index is 1.77. The van der Waals surface area contributed by atoms with E-state index in [1.54, 1.807) is 6.92 Å². The van der Waals surface area contributed by atoms with Crippen molar-refractivity contribution in [2.75, 3.05) is 11.5 Å². The molecule has 7 heteroatoms. The predicted octanol–water partition coefficient (Wildman–Crippen LogP) is 8.18. The van der Waals surface area contributed by atoms with Gasteiger partial charge in [0.1, 0.15) is 11.1 Å². The molecular weight excluding hydrogens is 641 g/mol. The first-order valence-electron chi connectivity index (χ1n) is 16.8. The molecule has 0 radical (unpaired) electrons. The number of nitrogens with one attached hydrogen (secondary N) is 1. The Morgan fingerprint density at radius 1 is 0.760 bits per heavy atom. The van der Waals surface area contributed by atoms with Gasteiger partial charge in [-0.05, 0) is 56.0 Å². The molecule has 6 rings (SSSR count). The van der Waals surface area contributed by atoms with Gasteiger partial charge in [-0.1, -0.05) is 146 Å². The number of hydrogen-bond acceptors (Lipinski definition) is 4. The maximum Gasteiger partial charge on any atom is 0.334 e. The molecule has 1 heterocycles. The van der Waals surface area contributed by atoms with Gasteiger partial charge in [0.2, 0.25) is 0 Å². The van der Waals surface area contributed by atoms with Gasteiger partial charge >= 0.3 is 5.97 Å². The highest BCUT2D eigenvalue weighted by Gasteiger charge is 2.63. The van der Waals surface area contributed by atoms with Crippen molar-refractivity contribution in [2.45, 2.75) is 49.4 Å². The summed E-state index contributed by atoms with van der Waals surface area (Å²) in [6, 6.07) is 46.8. The number of para-hydroxylation sites is 1. The molecule has 0 saturated carbocycles. The maximum atomic E-state index is 16.3. The van der Waals surface area contributed by atoms with Crippen molar-refractivity contribution in [3.8, 4) is 0 Å². The minimum Gasteiger partial charge on any atom is -0.463 e. The summed E-state index contributed by atoms with van der Waals surface area (Å²) in [5, 5.41) is 0. The minimum absolute atomic E-state index is 0.0752. The monoisotopic (exact) mass is 682 g/mol. The minimum atomic E-state index is -1.79. The van der Waals surface area contributed by atoms with Crippen LogP contribution >= 0.6 is 0 Å². The molecule has 1 amide bonds. The zero-order chi connectivity index (χ0) is 35.5. The number of amides is 1. The number of ether oxygens (including phenoxy) is 1. The molecule has 1 aliphatic heterocycles. The second-order valence-corrected chi connectivity index (χ2v) is 15.3. The zero-order valence-corrected chi connectivity index (χ0v) is 29.7. The molecule has 5 aromatic carbocycles. The maximum absolute atomic E-state index is 16.3. The molecule has 6 nitrogen and oxygen atoms in total. The first-order valence-corrected chi connectivity index (χ1v) is 17.9. The molecule has 0 aliphatic carbocycles. The third-order valence-corrected chi connectivity index (χ3v) is 10.9. The standard InChI is InChI=1S/C43H42N2O4S/c1-6-49-39(46)31(2)38(32-21-11-7-12-22-32)42(44-50(48)41(3,4)5)36-29-19-20-30-37(36)45(40(42)47)43(33-23-13-8-14-24-33,34-25-15-9-16-26-34)35-27-17-10-18-28-35/h7-30,38,44H,2,6H2,1,3-5H3/t38-,42-,50-/m0/s1. The second kappa shape index (κ2) is 14.0. The molecule has 254 valence electrons. The first kappa shape index (κ1) is 34.7. The normalized spacial score (nSPS) is 17.1. The lowest BCUT2D eigenvalue weighted by molar-refractivity contribution is -0.139. The molecule has 0 fully saturated rings. The Morgan fingerprint density at radius 2 is 1.20 bits per heavy atom. The topological polar surface area (TPSA) is 75.7 Å². The average molecular weight is 683 g/mol. The summed E-state index contributed by atoms with van der Waals surface area (Å²) < 4.78 is 22.6. The number of anilines is 1. The van der Waals surface area contributed by atoms with Crippen LogP contribution in [0.15, 0.2) is 158 Å². The van der Waals surface area contributed by atoms with Gasteiger partial charge < -0.3 is 4.74 Å². The lowest BCUT2D eigenvalue weighted by Crippen LogP contribution is -2.61. The summed E-state index contributed by atoms with van der Waals surface area (Å²) in [5.74, 6) is -2.02. The van der Waals surface area contributed by atoms with E-state index in [1.165, 1.54) is 0 Å². The molecule has 1 N–H and O–H groups in total. The summed E-state index contributed by atoms with van der Waals surface area (Å²) in [5.41, 5.74) is 1.53. The Labute approximate surface area is 297 Å². The molecule has 5 aromatic rings. The molecule has 0 spiro atoms. The highest BCUT2D eigenvalue weighted by molar-refractivity contribution is 7.84. The molecule has 0 saturated heterocycles. The summed E-state index contributed by atoms with van der Waals surface area (Å²) in [4.78, 5) is 31.9. The van der Waals surface area contributed by atoms with E-state index < -0.39 is 38.7 Å². The summed E-state index contributed by atoms with van der Waals surface area (Å²) >= 11 is 0. The largest absolute Gasteiger partial charge is 0.463 e. The van der Waals surface area contributed by atoms with Crippen LogP contribution in [0.3, 0.4) is 0 Å². The van der Waals surface area contributed by atoms with Crippen LogP contribution in [0.2, 0.25) is 0 Å². The molecule has 50 heavy (non-hydrogen) atoms. The van der Waals surface area contributed by atoms with Crippen molar-refractivity contribution in [3.63, 3.8) is 0 Å². The van der Waals surface area contributed by atoms with Crippen LogP contribution in [0.1, 0.15) is 61.4 Å². The summed E-state index contributed by atoms with van der Waals surface area (Å²) in [6.07, 6.45) is 0. The van der Waals surface area contributed by atoms with Gasteiger partial charge in [0.25, 0.3) is 5.91 Å². The van der Waals surface area contributed by atoms with Crippen molar-refractivity contribution in [1.29, 1.82) is 0 Å². The van der Waals surface area contributed by atoms with Gasteiger partial charge in [0.15, 0.2) is 0 Å². The quantitative estimate of drug-likeness (QED) is 0.0867. The Morgan fingerprint density at radius 3 is 1.66 bits per heavy atom. The van der Waals surface area contributed by atoms with E-state index in [0.29, 0.717) is 16.8 Å². The fourth-order valence-electron chi connectivity index (χ4n) is 7.10. The van der Waals surface area contributed by atoms with E-state index in [-0.39, 0.29) is 18.1 Å². The van der Waals surface area contributed by atoms with E-state index in [1.807, 2.05) is 171 Å². The predicted molar refractivity (Wildman–Crippen MR) is 201 cm³/mol. The summed E-state index contributed by atoms with van der Waals surface area (Å²) in [6.45, 7) is 11.7. The van der Waals surface area contributed by atoms with Crippen LogP contribution in [0.5, 0.6) is 0 Å². The number of rotatable bonds is 11. The van der Waals surface area contributed by atoms with E-state index in [0.717, 1.165) is 16.7 Å². The van der Waals surface area contributed by atoms with Crippen LogP contribution < -0.4 is 9.62 Å². The molecule has 3 atom stereocenters. The number of benzene rings is 5. The molecule has 1 aliphatic rings. The number of esters is 1. The van der Waals surface area contributed by atoms with Crippen molar-refractivity contribution in [2.24, 2.45) is 0 Å². The van der Waals surface area contributed by atoms with Crippen molar-refractivity contribution in [3.05, 3.63) is 186 Å². The van der Waals surface area contributed by atoms with E-state index >= 15 is 4.79 Å². The van der Waals surface area contributed by atoms with Gasteiger partial charge in [-0.3, -0.25) is 9.69 Å². The number of nitrogens with zero attached hydrogens (tertiary/aromatic N) is 1. The first-order chi connectivity index (χ1) is 24.1. The average Bonchev–Trinajstić information content (AvgIpc) is 3.38. The number of hydrogen-bond donors (Lipinski definition) is 1. The lowest BCUT2D eigenvalue weighted by Gasteiger charge is -2.46. The third-order valence-electron chi connectivity index (χ3n) is 9.28. The number of carbonyl (C=O) groups is 2. The van der Waals surface area contributed by atoms with Crippen molar-refractivity contribution >= 4 is 28.5 Å². The molecule has 0 unspecified atom stereocenters. The fraction of sp³-hybridized carbons (Fsp3) is 0.209. The molecular formula is C43H42N2O4S. The van der Waals surface area contributed by atoms with Crippen molar-refractivity contribution in [1.82, 2.24) is 4.72 Å². The highest BCUT2D eigenvalue weighted by Crippen LogP contribution is 2.57. The van der Waals surface area contributed by atoms with Crippen LogP contribution in [0.4, 0.5) is 5.69 Å². The van der Waals surface area contributed by atoms with Crippen LogP contribution in [-0.2, 0) is 36.4 Å². The zero-order valence-electron chi connectivity index (χ0n) is 28.8. The van der Waals surface area contributed by atoms with Gasteiger partial charge in [-0.2, -0.15) is 0 Å². The van der Waals surface area contributed by atoms with Gasteiger partial charge in [0.05, 0.1) is 28.0 Å².